The number of nitrogens with zero attached hydrogens (tertiary/aromatic N) is 1. The van der Waals surface area contributed by atoms with Crippen LogP contribution in [-0.4, -0.2) is 28.1 Å². The Morgan fingerprint density at radius 3 is 2.87 bits per heavy atom. The van der Waals surface area contributed by atoms with Gasteiger partial charge in [0.1, 0.15) is 17.3 Å². The lowest BCUT2D eigenvalue weighted by Gasteiger charge is -2.06. The zero-order chi connectivity index (χ0) is 16.4. The largest absolute Gasteiger partial charge is 0.508 e. The SMILES string of the molecule is COc1cc(O)ccc1-c1nc2ccc(CNC(C)=O)cc2[nH]1. The van der Waals surface area contributed by atoms with Gasteiger partial charge in [-0.2, -0.15) is 0 Å². The van der Waals surface area contributed by atoms with Gasteiger partial charge in [-0.3, -0.25) is 4.79 Å². The number of H-pyrrole nitrogens is 1. The predicted octanol–water partition coefficient (Wildman–Crippen LogP) is 2.58. The first kappa shape index (κ1) is 14.9. The van der Waals surface area contributed by atoms with Crippen LogP contribution in [0.25, 0.3) is 22.4 Å². The van der Waals surface area contributed by atoms with E-state index in [9.17, 15) is 9.90 Å². The molecule has 3 rings (SSSR count). The zero-order valence-electron chi connectivity index (χ0n) is 12.9. The molecule has 3 aromatic rings. The third-order valence-electron chi connectivity index (χ3n) is 3.53. The third-order valence-corrected chi connectivity index (χ3v) is 3.53. The summed E-state index contributed by atoms with van der Waals surface area (Å²) in [6.07, 6.45) is 0. The smallest absolute Gasteiger partial charge is 0.217 e. The van der Waals surface area contributed by atoms with Crippen molar-refractivity contribution in [3.05, 3.63) is 42.0 Å². The molecule has 0 unspecified atom stereocenters. The number of methoxy groups -OCH3 is 1. The molecule has 2 aromatic carbocycles. The van der Waals surface area contributed by atoms with Crippen molar-refractivity contribution in [1.82, 2.24) is 15.3 Å². The Hall–Kier alpha value is -3.02. The van der Waals surface area contributed by atoms with E-state index in [4.69, 9.17) is 4.74 Å². The van der Waals surface area contributed by atoms with Crippen molar-refractivity contribution in [3.8, 4) is 22.9 Å². The lowest BCUT2D eigenvalue weighted by molar-refractivity contribution is -0.119. The third kappa shape index (κ3) is 3.11. The standard InChI is InChI=1S/C17H17N3O3/c1-10(21)18-9-11-3-6-14-15(7-11)20-17(19-14)13-5-4-12(22)8-16(13)23-2/h3-8,22H,9H2,1-2H3,(H,18,21)(H,19,20). The fourth-order valence-electron chi connectivity index (χ4n) is 2.40. The Kier molecular flexibility index (Phi) is 3.89. The van der Waals surface area contributed by atoms with Crippen LogP contribution in [0.3, 0.4) is 0 Å². The van der Waals surface area contributed by atoms with E-state index in [0.717, 1.165) is 22.2 Å². The number of phenolic OH excluding ortho intramolecular Hbond substituents is 1. The number of amides is 1. The van der Waals surface area contributed by atoms with E-state index in [1.54, 1.807) is 25.3 Å². The number of carbonyl (C=O) groups excluding carboxylic acids is 1. The van der Waals surface area contributed by atoms with E-state index < -0.39 is 0 Å². The van der Waals surface area contributed by atoms with Crippen LogP contribution in [0.4, 0.5) is 0 Å². The number of hydrogen-bond donors (Lipinski definition) is 3. The highest BCUT2D eigenvalue weighted by molar-refractivity contribution is 5.81. The van der Waals surface area contributed by atoms with E-state index in [2.05, 4.69) is 15.3 Å². The number of fused-ring (bicyclic) bond motifs is 1. The van der Waals surface area contributed by atoms with Crippen LogP contribution < -0.4 is 10.1 Å². The summed E-state index contributed by atoms with van der Waals surface area (Å²) < 4.78 is 5.30. The number of carbonyl (C=O) groups is 1. The summed E-state index contributed by atoms with van der Waals surface area (Å²) in [5, 5.41) is 12.3. The number of aromatic nitrogens is 2. The maximum Gasteiger partial charge on any atom is 0.217 e. The van der Waals surface area contributed by atoms with Crippen LogP contribution in [0.1, 0.15) is 12.5 Å². The van der Waals surface area contributed by atoms with Gasteiger partial charge in [-0.05, 0) is 29.8 Å². The second-order valence-electron chi connectivity index (χ2n) is 5.23. The van der Waals surface area contributed by atoms with Gasteiger partial charge in [-0.25, -0.2) is 4.98 Å². The van der Waals surface area contributed by atoms with Crippen molar-refractivity contribution < 1.29 is 14.6 Å². The van der Waals surface area contributed by atoms with Crippen molar-refractivity contribution in [1.29, 1.82) is 0 Å². The van der Waals surface area contributed by atoms with E-state index in [1.165, 1.54) is 6.92 Å². The maximum absolute atomic E-state index is 11.0. The number of rotatable bonds is 4. The summed E-state index contributed by atoms with van der Waals surface area (Å²) in [5.74, 6) is 1.28. The number of phenols is 1. The first-order chi connectivity index (χ1) is 11.1. The van der Waals surface area contributed by atoms with Crippen molar-refractivity contribution in [3.63, 3.8) is 0 Å². The van der Waals surface area contributed by atoms with Gasteiger partial charge in [0.05, 0.1) is 23.7 Å². The minimum atomic E-state index is -0.0655. The predicted molar refractivity (Wildman–Crippen MR) is 87.3 cm³/mol. The Morgan fingerprint density at radius 2 is 2.13 bits per heavy atom. The molecule has 23 heavy (non-hydrogen) atoms. The summed E-state index contributed by atoms with van der Waals surface area (Å²) in [5.41, 5.74) is 3.45. The second-order valence-corrected chi connectivity index (χ2v) is 5.23. The maximum atomic E-state index is 11.0. The fraction of sp³-hybridized carbons (Fsp3) is 0.176. The summed E-state index contributed by atoms with van der Waals surface area (Å²) in [6.45, 7) is 1.96. The molecule has 118 valence electrons. The molecule has 0 spiro atoms. The van der Waals surface area contributed by atoms with Crippen LogP contribution in [-0.2, 0) is 11.3 Å². The van der Waals surface area contributed by atoms with Gasteiger partial charge in [0.2, 0.25) is 5.91 Å². The van der Waals surface area contributed by atoms with Gasteiger partial charge < -0.3 is 20.1 Å². The highest BCUT2D eigenvalue weighted by Crippen LogP contribution is 2.32. The van der Waals surface area contributed by atoms with Crippen molar-refractivity contribution >= 4 is 16.9 Å². The van der Waals surface area contributed by atoms with Gasteiger partial charge in [0.15, 0.2) is 0 Å². The average Bonchev–Trinajstić information content (AvgIpc) is 2.95. The summed E-state index contributed by atoms with van der Waals surface area (Å²) in [7, 11) is 1.55. The number of aromatic hydroxyl groups is 1. The molecule has 6 heteroatoms. The molecule has 1 aromatic heterocycles. The average molecular weight is 311 g/mol. The quantitative estimate of drug-likeness (QED) is 0.691. The number of imidazole rings is 1. The lowest BCUT2D eigenvalue weighted by atomic mass is 10.2. The van der Waals surface area contributed by atoms with Crippen LogP contribution in [0, 0.1) is 0 Å². The molecule has 1 heterocycles. The molecule has 0 aliphatic carbocycles. The topological polar surface area (TPSA) is 87.2 Å². The first-order valence-electron chi connectivity index (χ1n) is 7.17. The normalized spacial score (nSPS) is 10.7. The number of ether oxygens (including phenoxy) is 1. The highest BCUT2D eigenvalue weighted by atomic mass is 16.5. The van der Waals surface area contributed by atoms with Gasteiger partial charge in [0.25, 0.3) is 0 Å². The fourth-order valence-corrected chi connectivity index (χ4v) is 2.40. The Labute approximate surface area is 133 Å². The lowest BCUT2D eigenvalue weighted by Crippen LogP contribution is -2.18. The summed E-state index contributed by atoms with van der Waals surface area (Å²) in [4.78, 5) is 18.8. The number of benzene rings is 2. The van der Waals surface area contributed by atoms with Crippen LogP contribution in [0.15, 0.2) is 36.4 Å². The van der Waals surface area contributed by atoms with Crippen LogP contribution in [0.5, 0.6) is 11.5 Å². The molecule has 0 atom stereocenters. The number of nitrogens with one attached hydrogen (secondary N) is 2. The van der Waals surface area contributed by atoms with Gasteiger partial charge in [-0.15, -0.1) is 0 Å². The molecule has 1 amide bonds. The Balaban J connectivity index is 1.98. The molecular formula is C17H17N3O3. The summed E-state index contributed by atoms with van der Waals surface area (Å²) in [6, 6.07) is 10.7. The molecule has 3 N–H and O–H groups in total. The molecule has 6 nitrogen and oxygen atoms in total. The Morgan fingerprint density at radius 1 is 1.30 bits per heavy atom. The minimum Gasteiger partial charge on any atom is -0.508 e. The Bertz CT molecular complexity index is 871. The second kappa shape index (κ2) is 6.00. The van der Waals surface area contributed by atoms with Crippen molar-refractivity contribution in [2.24, 2.45) is 0 Å². The van der Waals surface area contributed by atoms with E-state index in [0.29, 0.717) is 18.1 Å². The molecule has 0 aliphatic rings. The molecule has 0 fully saturated rings. The highest BCUT2D eigenvalue weighted by Gasteiger charge is 2.11. The number of hydrogen-bond acceptors (Lipinski definition) is 4. The van der Waals surface area contributed by atoms with Gasteiger partial charge in [-0.1, -0.05) is 6.07 Å². The molecule has 0 aliphatic heterocycles. The van der Waals surface area contributed by atoms with Gasteiger partial charge in [0, 0.05) is 19.5 Å². The first-order valence-corrected chi connectivity index (χ1v) is 7.17. The summed E-state index contributed by atoms with van der Waals surface area (Å²) >= 11 is 0. The van der Waals surface area contributed by atoms with E-state index in [-0.39, 0.29) is 11.7 Å². The van der Waals surface area contributed by atoms with Crippen molar-refractivity contribution in [2.75, 3.05) is 7.11 Å². The molecule has 0 saturated carbocycles. The van der Waals surface area contributed by atoms with Crippen molar-refractivity contribution in [2.45, 2.75) is 13.5 Å². The zero-order valence-corrected chi connectivity index (χ0v) is 12.9. The molecule has 0 bridgehead atoms. The van der Waals surface area contributed by atoms with E-state index in [1.807, 2.05) is 18.2 Å². The monoisotopic (exact) mass is 311 g/mol. The van der Waals surface area contributed by atoms with Crippen LogP contribution in [0.2, 0.25) is 0 Å². The minimum absolute atomic E-state index is 0.0655. The van der Waals surface area contributed by atoms with Gasteiger partial charge >= 0.3 is 0 Å². The number of aromatic amines is 1. The molecule has 0 radical (unpaired) electrons. The van der Waals surface area contributed by atoms with E-state index >= 15 is 0 Å². The van der Waals surface area contributed by atoms with Crippen LogP contribution >= 0.6 is 0 Å². The molecular weight excluding hydrogens is 294 g/mol. The molecule has 0 saturated heterocycles.